The number of fused-ring (bicyclic) bond motifs is 1. The maximum Gasteiger partial charge on any atom is 0.289 e. The van der Waals surface area contributed by atoms with Crippen LogP contribution in [-0.2, 0) is 0 Å². The van der Waals surface area contributed by atoms with Gasteiger partial charge in [0.05, 0.1) is 16.2 Å². The predicted octanol–water partition coefficient (Wildman–Crippen LogP) is 4.23. The van der Waals surface area contributed by atoms with Gasteiger partial charge in [-0.05, 0) is 40.2 Å². The zero-order chi connectivity index (χ0) is 17.1. The lowest BCUT2D eigenvalue weighted by Gasteiger charge is -2.04. The molecule has 0 bridgehead atoms. The predicted molar refractivity (Wildman–Crippen MR) is 100 cm³/mol. The number of pyridine rings is 1. The van der Waals surface area contributed by atoms with Crippen molar-refractivity contribution < 1.29 is 9.90 Å². The molecule has 0 spiro atoms. The lowest BCUT2D eigenvalue weighted by Crippen LogP contribution is -2.18. The molecule has 0 atom stereocenters. The maximum absolute atomic E-state index is 12.1. The molecule has 2 N–H and O–H groups in total. The van der Waals surface area contributed by atoms with E-state index >= 15 is 0 Å². The summed E-state index contributed by atoms with van der Waals surface area (Å²) in [6.07, 6.45) is 1.36. The van der Waals surface area contributed by atoms with Gasteiger partial charge in [-0.1, -0.05) is 40.2 Å². The van der Waals surface area contributed by atoms with Crippen LogP contribution in [0.2, 0.25) is 0 Å². The van der Waals surface area contributed by atoms with Crippen LogP contribution in [0.4, 0.5) is 0 Å². The van der Waals surface area contributed by atoms with Crippen LogP contribution >= 0.6 is 31.9 Å². The molecule has 1 amide bonds. The Morgan fingerprint density at radius 3 is 2.79 bits per heavy atom. The smallest absolute Gasteiger partial charge is 0.289 e. The van der Waals surface area contributed by atoms with Gasteiger partial charge in [0.25, 0.3) is 5.91 Å². The first-order valence-corrected chi connectivity index (χ1v) is 8.50. The number of phenols is 1. The van der Waals surface area contributed by atoms with Gasteiger partial charge in [-0.15, -0.1) is 0 Å². The van der Waals surface area contributed by atoms with E-state index in [-0.39, 0.29) is 11.4 Å². The molecule has 0 fully saturated rings. The first kappa shape index (κ1) is 16.6. The fourth-order valence-corrected chi connectivity index (χ4v) is 3.35. The van der Waals surface area contributed by atoms with Crippen molar-refractivity contribution in [3.63, 3.8) is 0 Å². The van der Waals surface area contributed by atoms with Crippen LogP contribution < -0.4 is 5.43 Å². The number of hydrogen-bond acceptors (Lipinski definition) is 4. The van der Waals surface area contributed by atoms with Crippen LogP contribution in [0.3, 0.4) is 0 Å². The van der Waals surface area contributed by atoms with E-state index < -0.39 is 5.91 Å². The maximum atomic E-state index is 12.1. The van der Waals surface area contributed by atoms with Crippen LogP contribution in [0.5, 0.6) is 5.75 Å². The third-order valence-corrected chi connectivity index (χ3v) is 4.32. The molecule has 0 aliphatic carbocycles. The van der Waals surface area contributed by atoms with Crippen molar-refractivity contribution >= 4 is 54.9 Å². The normalized spacial score (nSPS) is 11.1. The van der Waals surface area contributed by atoms with E-state index in [0.717, 1.165) is 15.4 Å². The number of amides is 1. The van der Waals surface area contributed by atoms with E-state index in [2.05, 4.69) is 47.4 Å². The molecule has 0 aliphatic heterocycles. The van der Waals surface area contributed by atoms with Crippen molar-refractivity contribution in [1.29, 1.82) is 0 Å². The highest BCUT2D eigenvalue weighted by Gasteiger charge is 2.08. The van der Waals surface area contributed by atoms with E-state index in [4.69, 9.17) is 0 Å². The lowest BCUT2D eigenvalue weighted by molar-refractivity contribution is 0.0950. The van der Waals surface area contributed by atoms with E-state index in [0.29, 0.717) is 10.0 Å². The molecule has 0 saturated heterocycles. The fourth-order valence-electron chi connectivity index (χ4n) is 2.09. The quantitative estimate of drug-likeness (QED) is 0.465. The molecule has 0 unspecified atom stereocenters. The van der Waals surface area contributed by atoms with E-state index in [1.54, 1.807) is 18.2 Å². The van der Waals surface area contributed by atoms with Crippen LogP contribution in [0, 0.1) is 0 Å². The Morgan fingerprint density at radius 1 is 1.17 bits per heavy atom. The largest absolute Gasteiger partial charge is 0.506 e. The summed E-state index contributed by atoms with van der Waals surface area (Å²) in [4.78, 5) is 16.4. The van der Waals surface area contributed by atoms with Gasteiger partial charge >= 0.3 is 0 Å². The molecular weight excluding hydrogens is 438 g/mol. The van der Waals surface area contributed by atoms with Crippen molar-refractivity contribution in [3.05, 3.63) is 68.7 Å². The Labute approximate surface area is 154 Å². The Bertz CT molecular complexity index is 958. The summed E-state index contributed by atoms with van der Waals surface area (Å²) < 4.78 is 1.30. The number of carbonyl (C=O) groups excluding carboxylic acids is 1. The summed E-state index contributed by atoms with van der Waals surface area (Å²) >= 11 is 6.57. The van der Waals surface area contributed by atoms with Crippen molar-refractivity contribution in [2.24, 2.45) is 5.10 Å². The highest BCUT2D eigenvalue weighted by atomic mass is 79.9. The topological polar surface area (TPSA) is 74.6 Å². The SMILES string of the molecule is O=C(N/N=C/c1cc(Br)cc(Br)c1O)c1ccc2ccccc2n1. The summed E-state index contributed by atoms with van der Waals surface area (Å²) in [5, 5.41) is 14.8. The molecule has 5 nitrogen and oxygen atoms in total. The van der Waals surface area contributed by atoms with Gasteiger partial charge in [-0.25, -0.2) is 10.4 Å². The highest BCUT2D eigenvalue weighted by Crippen LogP contribution is 2.30. The van der Waals surface area contributed by atoms with Crippen molar-refractivity contribution in [3.8, 4) is 5.75 Å². The van der Waals surface area contributed by atoms with Crippen molar-refractivity contribution in [2.45, 2.75) is 0 Å². The molecule has 0 radical (unpaired) electrons. The van der Waals surface area contributed by atoms with Gasteiger partial charge in [0.2, 0.25) is 0 Å². The molecule has 0 saturated carbocycles. The Balaban J connectivity index is 1.77. The molecule has 3 aromatic rings. The average Bonchev–Trinajstić information content (AvgIpc) is 2.58. The number of para-hydroxylation sites is 1. The zero-order valence-corrected chi connectivity index (χ0v) is 15.4. The monoisotopic (exact) mass is 447 g/mol. The number of aromatic nitrogens is 1. The van der Waals surface area contributed by atoms with Gasteiger partial charge in [0, 0.05) is 15.4 Å². The second-order valence-electron chi connectivity index (χ2n) is 4.91. The number of aromatic hydroxyl groups is 1. The van der Waals surface area contributed by atoms with Crippen molar-refractivity contribution in [1.82, 2.24) is 10.4 Å². The van der Waals surface area contributed by atoms with Gasteiger partial charge in [0.15, 0.2) is 0 Å². The van der Waals surface area contributed by atoms with Gasteiger partial charge < -0.3 is 5.11 Å². The first-order valence-electron chi connectivity index (χ1n) is 6.92. The molecule has 0 aliphatic rings. The number of hydrogen-bond donors (Lipinski definition) is 2. The Morgan fingerprint density at radius 2 is 1.96 bits per heavy atom. The van der Waals surface area contributed by atoms with Gasteiger partial charge in [0.1, 0.15) is 11.4 Å². The third kappa shape index (κ3) is 3.63. The average molecular weight is 449 g/mol. The molecule has 7 heteroatoms. The molecule has 1 aromatic heterocycles. The van der Waals surface area contributed by atoms with Crippen LogP contribution in [0.15, 0.2) is 62.6 Å². The standard InChI is InChI=1S/C17H11Br2N3O2/c18-12-7-11(16(23)13(19)8-12)9-20-22-17(24)15-6-5-10-3-1-2-4-14(10)21-15/h1-9,23H,(H,22,24)/b20-9+. The van der Waals surface area contributed by atoms with Crippen LogP contribution in [0.25, 0.3) is 10.9 Å². The minimum Gasteiger partial charge on any atom is -0.506 e. The summed E-state index contributed by atoms with van der Waals surface area (Å²) in [6.45, 7) is 0. The van der Waals surface area contributed by atoms with E-state index in [1.165, 1.54) is 6.21 Å². The van der Waals surface area contributed by atoms with Gasteiger partial charge in [-0.3, -0.25) is 4.79 Å². The number of benzene rings is 2. The first-order chi connectivity index (χ1) is 11.5. The van der Waals surface area contributed by atoms with Crippen LogP contribution in [-0.4, -0.2) is 22.2 Å². The zero-order valence-electron chi connectivity index (χ0n) is 12.2. The van der Waals surface area contributed by atoms with E-state index in [1.807, 2.05) is 30.3 Å². The molecule has 120 valence electrons. The third-order valence-electron chi connectivity index (χ3n) is 3.26. The Hall–Kier alpha value is -2.25. The minimum atomic E-state index is -0.425. The molecule has 2 aromatic carbocycles. The second-order valence-corrected chi connectivity index (χ2v) is 6.68. The number of hydrazone groups is 1. The molecular formula is C17H11Br2N3O2. The second kappa shape index (κ2) is 7.11. The van der Waals surface area contributed by atoms with E-state index in [9.17, 15) is 9.90 Å². The number of nitrogens with one attached hydrogen (secondary N) is 1. The Kier molecular flexibility index (Phi) is 4.92. The summed E-state index contributed by atoms with van der Waals surface area (Å²) in [5.41, 5.74) is 3.87. The molecule has 3 rings (SSSR count). The summed E-state index contributed by atoms with van der Waals surface area (Å²) in [7, 11) is 0. The van der Waals surface area contributed by atoms with Crippen molar-refractivity contribution in [2.75, 3.05) is 0 Å². The number of carbonyl (C=O) groups is 1. The minimum absolute atomic E-state index is 0.0417. The van der Waals surface area contributed by atoms with Gasteiger partial charge in [-0.2, -0.15) is 5.10 Å². The number of phenolic OH excluding ortho intramolecular Hbond substituents is 1. The number of nitrogens with zero attached hydrogens (tertiary/aromatic N) is 2. The number of rotatable bonds is 3. The highest BCUT2D eigenvalue weighted by molar-refractivity contribution is 9.11. The molecule has 1 heterocycles. The number of halogens is 2. The summed E-state index contributed by atoms with van der Waals surface area (Å²) in [5.74, 6) is -0.384. The van der Waals surface area contributed by atoms with Crippen LogP contribution in [0.1, 0.15) is 16.1 Å². The lowest BCUT2D eigenvalue weighted by atomic mass is 10.2. The fraction of sp³-hybridized carbons (Fsp3) is 0. The summed E-state index contributed by atoms with van der Waals surface area (Å²) in [6, 6.07) is 14.4. The molecule has 24 heavy (non-hydrogen) atoms.